The van der Waals surface area contributed by atoms with E-state index in [0.717, 1.165) is 24.1 Å². The largest absolute Gasteiger partial charge is 0.392 e. The summed E-state index contributed by atoms with van der Waals surface area (Å²) < 4.78 is 0. The summed E-state index contributed by atoms with van der Waals surface area (Å²) in [4.78, 5) is 5.08. The smallest absolute Gasteiger partial charge is 0.0705 e. The maximum absolute atomic E-state index is 10.3. The Balaban J connectivity index is 2.76. The average Bonchev–Trinajstić information content (AvgIpc) is 2.67. The highest BCUT2D eigenvalue weighted by Crippen LogP contribution is 2.37. The van der Waals surface area contributed by atoms with Crippen LogP contribution in [0.4, 0.5) is 0 Å². The molecule has 0 saturated heterocycles. The lowest BCUT2D eigenvalue weighted by Crippen LogP contribution is -2.12. The Labute approximate surface area is 166 Å². The van der Waals surface area contributed by atoms with Gasteiger partial charge in [0, 0.05) is 17.0 Å². The fourth-order valence-corrected chi connectivity index (χ4v) is 3.88. The topological polar surface area (TPSA) is 33.1 Å². The standard InChI is InChI=1S/C25H37NO/c1-7-9-10-11-21-23(20-14-12-19(8-2)13-15-20)22(16-27)25(18(5)6)26-24(21)17(3)4/h12-15,17-18,27H,7-11,16H2,1-6H3. The van der Waals surface area contributed by atoms with Crippen molar-refractivity contribution in [2.45, 2.75) is 92.1 Å². The van der Waals surface area contributed by atoms with Crippen LogP contribution in [0.15, 0.2) is 24.3 Å². The summed E-state index contributed by atoms with van der Waals surface area (Å²) in [6.45, 7) is 13.3. The van der Waals surface area contributed by atoms with Crippen molar-refractivity contribution >= 4 is 0 Å². The molecule has 27 heavy (non-hydrogen) atoms. The molecule has 0 spiro atoms. The van der Waals surface area contributed by atoms with Gasteiger partial charge in [0.15, 0.2) is 0 Å². The highest BCUT2D eigenvalue weighted by atomic mass is 16.3. The SMILES string of the molecule is CCCCCc1c(C(C)C)nc(C(C)C)c(CO)c1-c1ccc(CC)cc1. The van der Waals surface area contributed by atoms with Gasteiger partial charge in [-0.2, -0.15) is 0 Å². The number of hydrogen-bond donors (Lipinski definition) is 1. The second-order valence-electron chi connectivity index (χ2n) is 8.19. The third kappa shape index (κ3) is 4.99. The van der Waals surface area contributed by atoms with Gasteiger partial charge in [-0.3, -0.25) is 4.98 Å². The summed E-state index contributed by atoms with van der Waals surface area (Å²) in [6, 6.07) is 8.89. The molecule has 0 radical (unpaired) electrons. The summed E-state index contributed by atoms with van der Waals surface area (Å²) in [7, 11) is 0. The molecule has 0 aliphatic carbocycles. The second-order valence-corrected chi connectivity index (χ2v) is 8.19. The van der Waals surface area contributed by atoms with E-state index in [0.29, 0.717) is 11.8 Å². The number of nitrogens with zero attached hydrogens (tertiary/aromatic N) is 1. The monoisotopic (exact) mass is 367 g/mol. The van der Waals surface area contributed by atoms with Gasteiger partial charge >= 0.3 is 0 Å². The van der Waals surface area contributed by atoms with E-state index in [1.165, 1.54) is 47.2 Å². The van der Waals surface area contributed by atoms with E-state index in [4.69, 9.17) is 4.98 Å². The van der Waals surface area contributed by atoms with Crippen molar-refractivity contribution in [3.8, 4) is 11.1 Å². The zero-order valence-corrected chi connectivity index (χ0v) is 18.1. The molecule has 2 rings (SSSR count). The van der Waals surface area contributed by atoms with Crippen molar-refractivity contribution in [1.82, 2.24) is 4.98 Å². The minimum Gasteiger partial charge on any atom is -0.392 e. The van der Waals surface area contributed by atoms with Crippen LogP contribution in [0, 0.1) is 0 Å². The molecular weight excluding hydrogens is 330 g/mol. The summed E-state index contributed by atoms with van der Waals surface area (Å²) >= 11 is 0. The maximum Gasteiger partial charge on any atom is 0.0705 e. The molecule has 0 atom stereocenters. The Morgan fingerprint density at radius 1 is 0.852 bits per heavy atom. The van der Waals surface area contributed by atoms with Gasteiger partial charge in [0.25, 0.3) is 0 Å². The number of aryl methyl sites for hydroxylation is 1. The Morgan fingerprint density at radius 2 is 1.44 bits per heavy atom. The van der Waals surface area contributed by atoms with E-state index >= 15 is 0 Å². The maximum atomic E-state index is 10.3. The van der Waals surface area contributed by atoms with Crippen LogP contribution in [0.5, 0.6) is 0 Å². The van der Waals surface area contributed by atoms with E-state index in [1.807, 2.05) is 0 Å². The molecule has 0 amide bonds. The van der Waals surface area contributed by atoms with Crippen molar-refractivity contribution < 1.29 is 5.11 Å². The Morgan fingerprint density at radius 3 is 1.93 bits per heavy atom. The number of aromatic nitrogens is 1. The molecule has 1 aromatic heterocycles. The quantitative estimate of drug-likeness (QED) is 0.495. The van der Waals surface area contributed by atoms with E-state index in [2.05, 4.69) is 65.8 Å². The molecule has 2 aromatic rings. The summed E-state index contributed by atoms with van der Waals surface area (Å²) in [5, 5.41) is 10.3. The van der Waals surface area contributed by atoms with Gasteiger partial charge in [-0.1, -0.05) is 78.6 Å². The van der Waals surface area contributed by atoms with Crippen LogP contribution in [0.1, 0.15) is 101 Å². The molecule has 1 N–H and O–H groups in total. The highest BCUT2D eigenvalue weighted by molar-refractivity contribution is 5.73. The summed E-state index contributed by atoms with van der Waals surface area (Å²) in [5.74, 6) is 0.670. The number of benzene rings is 1. The Kier molecular flexibility index (Phi) is 8.04. The van der Waals surface area contributed by atoms with Crippen LogP contribution < -0.4 is 0 Å². The predicted octanol–water partition coefficient (Wildman–Crippen LogP) is 6.78. The average molecular weight is 368 g/mol. The lowest BCUT2D eigenvalue weighted by molar-refractivity contribution is 0.279. The first-order valence-electron chi connectivity index (χ1n) is 10.7. The van der Waals surface area contributed by atoms with Gasteiger partial charge in [0.05, 0.1) is 6.61 Å². The molecule has 2 nitrogen and oxygen atoms in total. The van der Waals surface area contributed by atoms with Crippen LogP contribution in [0.25, 0.3) is 11.1 Å². The number of hydrogen-bond acceptors (Lipinski definition) is 2. The molecule has 1 aromatic carbocycles. The van der Waals surface area contributed by atoms with Crippen LogP contribution in [0.2, 0.25) is 0 Å². The molecule has 148 valence electrons. The summed E-state index contributed by atoms with van der Waals surface area (Å²) in [6.07, 6.45) is 5.68. The number of aliphatic hydroxyl groups excluding tert-OH is 1. The highest BCUT2D eigenvalue weighted by Gasteiger charge is 2.23. The van der Waals surface area contributed by atoms with Crippen LogP contribution in [0.3, 0.4) is 0 Å². The minimum absolute atomic E-state index is 0.0462. The first-order chi connectivity index (χ1) is 12.9. The number of rotatable bonds is 9. The molecule has 0 bridgehead atoms. The lowest BCUT2D eigenvalue weighted by atomic mass is 9.85. The third-order valence-electron chi connectivity index (χ3n) is 5.40. The van der Waals surface area contributed by atoms with Crippen LogP contribution in [-0.2, 0) is 19.4 Å². The van der Waals surface area contributed by atoms with Crippen molar-refractivity contribution in [3.05, 3.63) is 52.3 Å². The number of aliphatic hydroxyl groups is 1. The predicted molar refractivity (Wildman–Crippen MR) is 116 cm³/mol. The third-order valence-corrected chi connectivity index (χ3v) is 5.40. The van der Waals surface area contributed by atoms with Gasteiger partial charge in [-0.15, -0.1) is 0 Å². The molecule has 1 heterocycles. The lowest BCUT2D eigenvalue weighted by Gasteiger charge is -2.24. The van der Waals surface area contributed by atoms with E-state index in [1.54, 1.807) is 0 Å². The molecule has 0 aliphatic rings. The van der Waals surface area contributed by atoms with Crippen LogP contribution in [-0.4, -0.2) is 10.1 Å². The zero-order valence-electron chi connectivity index (χ0n) is 18.1. The molecular formula is C25H37NO. The fourth-order valence-electron chi connectivity index (χ4n) is 3.88. The second kappa shape index (κ2) is 10.0. The van der Waals surface area contributed by atoms with Crippen molar-refractivity contribution in [2.24, 2.45) is 0 Å². The van der Waals surface area contributed by atoms with E-state index in [9.17, 15) is 5.11 Å². The van der Waals surface area contributed by atoms with Crippen molar-refractivity contribution in [3.63, 3.8) is 0 Å². The Bertz CT molecular complexity index is 729. The van der Waals surface area contributed by atoms with Gasteiger partial charge < -0.3 is 5.11 Å². The van der Waals surface area contributed by atoms with E-state index < -0.39 is 0 Å². The summed E-state index contributed by atoms with van der Waals surface area (Å²) in [5.41, 5.74) is 8.42. The van der Waals surface area contributed by atoms with Crippen molar-refractivity contribution in [2.75, 3.05) is 0 Å². The fraction of sp³-hybridized carbons (Fsp3) is 0.560. The van der Waals surface area contributed by atoms with Gasteiger partial charge in [-0.25, -0.2) is 0 Å². The molecule has 2 heteroatoms. The van der Waals surface area contributed by atoms with Gasteiger partial charge in [-0.05, 0) is 53.4 Å². The number of unbranched alkanes of at least 4 members (excludes halogenated alkanes) is 2. The molecule has 0 unspecified atom stereocenters. The first kappa shape index (κ1) is 21.6. The molecule has 0 aliphatic heterocycles. The van der Waals surface area contributed by atoms with E-state index in [-0.39, 0.29) is 6.61 Å². The van der Waals surface area contributed by atoms with Gasteiger partial charge in [0.2, 0.25) is 0 Å². The first-order valence-corrected chi connectivity index (χ1v) is 10.7. The van der Waals surface area contributed by atoms with Gasteiger partial charge in [0.1, 0.15) is 0 Å². The molecule has 0 fully saturated rings. The zero-order chi connectivity index (χ0) is 20.0. The normalized spacial score (nSPS) is 11.6. The minimum atomic E-state index is 0.0462. The van der Waals surface area contributed by atoms with Crippen LogP contribution >= 0.6 is 0 Å². The Hall–Kier alpha value is -1.67. The number of pyridine rings is 1. The van der Waals surface area contributed by atoms with Crippen molar-refractivity contribution in [1.29, 1.82) is 0 Å². The molecule has 0 saturated carbocycles.